The van der Waals surface area contributed by atoms with Crippen LogP contribution in [0.1, 0.15) is 69.7 Å². The minimum atomic E-state index is -0.460. The lowest BCUT2D eigenvalue weighted by atomic mass is 9.87. The lowest BCUT2D eigenvalue weighted by Gasteiger charge is -2.21. The molecule has 1 saturated carbocycles. The third-order valence-corrected chi connectivity index (χ3v) is 4.63. The minimum Gasteiger partial charge on any atom is -0.352 e. The Balaban J connectivity index is 1.85. The van der Waals surface area contributed by atoms with Crippen molar-refractivity contribution in [2.24, 2.45) is 11.3 Å². The SMILES string of the molecule is CC(C)(C)C(=O)Nc1cccc(C(=O)NCCC2CCCCC2)c1. The Morgan fingerprint density at radius 3 is 2.50 bits per heavy atom. The summed E-state index contributed by atoms with van der Waals surface area (Å²) in [5.41, 5.74) is 0.790. The molecular formula is C20H30N2O2. The van der Waals surface area contributed by atoms with Crippen LogP contribution < -0.4 is 10.6 Å². The number of amides is 2. The van der Waals surface area contributed by atoms with Gasteiger partial charge in [0.1, 0.15) is 0 Å². The summed E-state index contributed by atoms with van der Waals surface area (Å²) in [4.78, 5) is 24.3. The Morgan fingerprint density at radius 1 is 1.12 bits per heavy atom. The number of hydrogen-bond acceptors (Lipinski definition) is 2. The Hall–Kier alpha value is -1.84. The second-order valence-corrected chi connectivity index (χ2v) is 7.83. The summed E-state index contributed by atoms with van der Waals surface area (Å²) in [5, 5.41) is 5.87. The van der Waals surface area contributed by atoms with Gasteiger partial charge in [0, 0.05) is 23.2 Å². The molecule has 0 saturated heterocycles. The summed E-state index contributed by atoms with van der Waals surface area (Å²) in [6.07, 6.45) is 7.67. The summed E-state index contributed by atoms with van der Waals surface area (Å²) in [6.45, 7) is 6.32. The predicted octanol–water partition coefficient (Wildman–Crippen LogP) is 4.37. The van der Waals surface area contributed by atoms with Crippen LogP contribution in [0.3, 0.4) is 0 Å². The maximum Gasteiger partial charge on any atom is 0.251 e. The van der Waals surface area contributed by atoms with Crippen molar-refractivity contribution in [2.45, 2.75) is 59.3 Å². The first-order valence-electron chi connectivity index (χ1n) is 9.06. The van der Waals surface area contributed by atoms with E-state index in [1.54, 1.807) is 18.2 Å². The van der Waals surface area contributed by atoms with Gasteiger partial charge in [-0.3, -0.25) is 9.59 Å². The Bertz CT molecular complexity index is 569. The molecule has 1 aromatic rings. The molecule has 0 aliphatic heterocycles. The molecule has 4 heteroatoms. The Kier molecular flexibility index (Phi) is 6.41. The summed E-state index contributed by atoms with van der Waals surface area (Å²) in [6, 6.07) is 7.12. The molecule has 0 spiro atoms. The van der Waals surface area contributed by atoms with Crippen molar-refractivity contribution in [1.29, 1.82) is 0 Å². The van der Waals surface area contributed by atoms with E-state index in [2.05, 4.69) is 10.6 Å². The summed E-state index contributed by atoms with van der Waals surface area (Å²) in [5.74, 6) is 0.631. The minimum absolute atomic E-state index is 0.0580. The van der Waals surface area contributed by atoms with E-state index in [4.69, 9.17) is 0 Å². The van der Waals surface area contributed by atoms with Crippen molar-refractivity contribution in [3.8, 4) is 0 Å². The average molecular weight is 330 g/mol. The zero-order valence-electron chi connectivity index (χ0n) is 15.2. The molecule has 0 atom stereocenters. The van der Waals surface area contributed by atoms with Gasteiger partial charge in [0.2, 0.25) is 5.91 Å². The topological polar surface area (TPSA) is 58.2 Å². The van der Waals surface area contributed by atoms with E-state index in [9.17, 15) is 9.59 Å². The van der Waals surface area contributed by atoms with Gasteiger partial charge in [-0.15, -0.1) is 0 Å². The van der Waals surface area contributed by atoms with Crippen LogP contribution in [-0.2, 0) is 4.79 Å². The fourth-order valence-electron chi connectivity index (χ4n) is 3.02. The first kappa shape index (κ1) is 18.5. The van der Waals surface area contributed by atoms with Crippen molar-refractivity contribution in [1.82, 2.24) is 5.32 Å². The third-order valence-electron chi connectivity index (χ3n) is 4.63. The zero-order chi connectivity index (χ0) is 17.6. The average Bonchev–Trinajstić information content (AvgIpc) is 2.55. The number of carbonyl (C=O) groups excluding carboxylic acids is 2. The zero-order valence-corrected chi connectivity index (χ0v) is 15.2. The molecule has 2 rings (SSSR count). The molecule has 132 valence electrons. The largest absolute Gasteiger partial charge is 0.352 e. The summed E-state index contributed by atoms with van der Waals surface area (Å²) < 4.78 is 0. The van der Waals surface area contributed by atoms with Crippen LogP contribution >= 0.6 is 0 Å². The molecule has 1 fully saturated rings. The van der Waals surface area contributed by atoms with Gasteiger partial charge >= 0.3 is 0 Å². The normalized spacial score (nSPS) is 15.8. The van der Waals surface area contributed by atoms with Gasteiger partial charge in [-0.05, 0) is 30.5 Å². The van der Waals surface area contributed by atoms with E-state index < -0.39 is 5.41 Å². The highest BCUT2D eigenvalue weighted by Gasteiger charge is 2.21. The quantitative estimate of drug-likeness (QED) is 0.842. The standard InChI is InChI=1S/C20H30N2O2/c1-20(2,3)19(24)22-17-11-7-10-16(14-17)18(23)21-13-12-15-8-5-4-6-9-15/h7,10-11,14-15H,4-6,8-9,12-13H2,1-3H3,(H,21,23)(H,22,24). The number of anilines is 1. The Labute approximate surface area is 145 Å². The number of nitrogens with one attached hydrogen (secondary N) is 2. The van der Waals surface area contributed by atoms with Crippen LogP contribution in [0.15, 0.2) is 24.3 Å². The first-order valence-corrected chi connectivity index (χ1v) is 9.06. The van der Waals surface area contributed by atoms with Gasteiger partial charge < -0.3 is 10.6 Å². The van der Waals surface area contributed by atoms with Gasteiger partial charge in [0.15, 0.2) is 0 Å². The van der Waals surface area contributed by atoms with Crippen LogP contribution in [0, 0.1) is 11.3 Å². The molecule has 0 heterocycles. The molecule has 2 amide bonds. The van der Waals surface area contributed by atoms with Crippen LogP contribution in [-0.4, -0.2) is 18.4 Å². The molecule has 24 heavy (non-hydrogen) atoms. The van der Waals surface area contributed by atoms with Crippen molar-refractivity contribution in [3.63, 3.8) is 0 Å². The van der Waals surface area contributed by atoms with Crippen LogP contribution in [0.4, 0.5) is 5.69 Å². The molecule has 0 bridgehead atoms. The fourth-order valence-corrected chi connectivity index (χ4v) is 3.02. The van der Waals surface area contributed by atoms with E-state index in [-0.39, 0.29) is 11.8 Å². The maximum absolute atomic E-state index is 12.3. The smallest absolute Gasteiger partial charge is 0.251 e. The highest BCUT2D eigenvalue weighted by Crippen LogP contribution is 2.25. The third kappa shape index (κ3) is 5.66. The van der Waals surface area contributed by atoms with E-state index in [0.717, 1.165) is 18.9 Å². The molecule has 1 aliphatic rings. The molecule has 1 aromatic carbocycles. The molecule has 0 unspecified atom stereocenters. The lowest BCUT2D eigenvalue weighted by molar-refractivity contribution is -0.123. The van der Waals surface area contributed by atoms with E-state index in [0.29, 0.717) is 11.3 Å². The molecule has 0 aromatic heterocycles. The fraction of sp³-hybridized carbons (Fsp3) is 0.600. The monoisotopic (exact) mass is 330 g/mol. The molecule has 4 nitrogen and oxygen atoms in total. The summed E-state index contributed by atoms with van der Waals surface area (Å²) >= 11 is 0. The van der Waals surface area contributed by atoms with Gasteiger partial charge in [-0.2, -0.15) is 0 Å². The number of benzene rings is 1. The van der Waals surface area contributed by atoms with E-state index >= 15 is 0 Å². The molecule has 0 radical (unpaired) electrons. The maximum atomic E-state index is 12.3. The van der Waals surface area contributed by atoms with Gasteiger partial charge in [-0.1, -0.05) is 58.9 Å². The van der Waals surface area contributed by atoms with Crippen molar-refractivity contribution >= 4 is 17.5 Å². The number of hydrogen-bond donors (Lipinski definition) is 2. The van der Waals surface area contributed by atoms with Gasteiger partial charge in [0.25, 0.3) is 5.91 Å². The number of carbonyl (C=O) groups is 2. The summed E-state index contributed by atoms with van der Waals surface area (Å²) in [7, 11) is 0. The van der Waals surface area contributed by atoms with Crippen LogP contribution in [0.2, 0.25) is 0 Å². The second-order valence-electron chi connectivity index (χ2n) is 7.83. The lowest BCUT2D eigenvalue weighted by Crippen LogP contribution is -2.28. The van der Waals surface area contributed by atoms with Crippen molar-refractivity contribution < 1.29 is 9.59 Å². The molecule has 1 aliphatic carbocycles. The van der Waals surface area contributed by atoms with Crippen LogP contribution in [0.25, 0.3) is 0 Å². The van der Waals surface area contributed by atoms with Gasteiger partial charge in [0.05, 0.1) is 0 Å². The van der Waals surface area contributed by atoms with E-state index in [1.165, 1.54) is 32.1 Å². The molecule has 2 N–H and O–H groups in total. The number of rotatable bonds is 5. The second kappa shape index (κ2) is 8.32. The highest BCUT2D eigenvalue weighted by molar-refractivity contribution is 5.98. The van der Waals surface area contributed by atoms with Gasteiger partial charge in [-0.25, -0.2) is 0 Å². The first-order chi connectivity index (χ1) is 11.4. The van der Waals surface area contributed by atoms with Crippen LogP contribution in [0.5, 0.6) is 0 Å². The predicted molar refractivity (Wildman–Crippen MR) is 98.1 cm³/mol. The van der Waals surface area contributed by atoms with E-state index in [1.807, 2.05) is 26.8 Å². The molecular weight excluding hydrogens is 300 g/mol. The highest BCUT2D eigenvalue weighted by atomic mass is 16.2. The van der Waals surface area contributed by atoms with Crippen molar-refractivity contribution in [3.05, 3.63) is 29.8 Å². The van der Waals surface area contributed by atoms with Crippen molar-refractivity contribution in [2.75, 3.05) is 11.9 Å². The Morgan fingerprint density at radius 2 is 1.83 bits per heavy atom.